The Morgan fingerprint density at radius 2 is 1.70 bits per heavy atom. The summed E-state index contributed by atoms with van der Waals surface area (Å²) in [6.45, 7) is 5.55. The molecule has 2 bridgehead atoms. The van der Waals surface area contributed by atoms with E-state index < -0.39 is 34.5 Å². The Kier molecular flexibility index (Phi) is 9.61. The molecule has 2 N–H and O–H groups in total. The Hall–Kier alpha value is -3.26. The minimum atomic E-state index is -1.03. The number of amides is 2. The topological polar surface area (TPSA) is 95.9 Å². The van der Waals surface area contributed by atoms with E-state index in [9.17, 15) is 19.5 Å². The average molecular weight is 565 g/mol. The molecule has 214 valence electrons. The smallest absolute Gasteiger partial charge is 0.408 e. The maximum absolute atomic E-state index is 14.0. The maximum Gasteiger partial charge on any atom is 0.408 e. The maximum atomic E-state index is 14.0. The molecule has 2 aromatic carbocycles. The zero-order valence-corrected chi connectivity index (χ0v) is 24.4. The SMILES string of the molecule is CC(C)(C)OC(=O)N[C@H]1CCCCCC=CCS[C@@]2(c3ccc(-c4ccccc4)cc3)C[C@@H](C(=O)O)N(C2)C1=O. The Morgan fingerprint density at radius 3 is 2.38 bits per heavy atom. The molecule has 2 aliphatic rings. The molecule has 0 unspecified atom stereocenters. The third kappa shape index (κ3) is 7.47. The molecular weight excluding hydrogens is 524 g/mol. The molecular formula is C32H40N2O5S. The van der Waals surface area contributed by atoms with Crippen LogP contribution in [0, 0.1) is 0 Å². The minimum Gasteiger partial charge on any atom is -0.480 e. The summed E-state index contributed by atoms with van der Waals surface area (Å²) in [5, 5.41) is 13.0. The van der Waals surface area contributed by atoms with Gasteiger partial charge in [-0.1, -0.05) is 79.6 Å². The predicted molar refractivity (Wildman–Crippen MR) is 159 cm³/mol. The van der Waals surface area contributed by atoms with Crippen molar-refractivity contribution < 1.29 is 24.2 Å². The first kappa shape index (κ1) is 29.7. The fourth-order valence-corrected chi connectivity index (χ4v) is 6.77. The van der Waals surface area contributed by atoms with Gasteiger partial charge >= 0.3 is 12.1 Å². The van der Waals surface area contributed by atoms with Crippen LogP contribution in [0.3, 0.4) is 0 Å². The summed E-state index contributed by atoms with van der Waals surface area (Å²) in [5.41, 5.74) is 2.47. The summed E-state index contributed by atoms with van der Waals surface area (Å²) >= 11 is 1.68. The number of benzene rings is 2. The summed E-state index contributed by atoms with van der Waals surface area (Å²) in [6.07, 6.45) is 7.98. The number of carbonyl (C=O) groups excluding carboxylic acids is 2. The van der Waals surface area contributed by atoms with Crippen LogP contribution in [0.2, 0.25) is 0 Å². The van der Waals surface area contributed by atoms with Crippen LogP contribution >= 0.6 is 11.8 Å². The Bertz CT molecular complexity index is 1210. The monoisotopic (exact) mass is 564 g/mol. The summed E-state index contributed by atoms with van der Waals surface area (Å²) in [7, 11) is 0. The molecule has 1 saturated heterocycles. The average Bonchev–Trinajstić information content (AvgIpc) is 3.31. The highest BCUT2D eigenvalue weighted by molar-refractivity contribution is 8.00. The van der Waals surface area contributed by atoms with Crippen LogP contribution in [0.4, 0.5) is 4.79 Å². The minimum absolute atomic E-state index is 0.249. The molecule has 2 aliphatic heterocycles. The Morgan fingerprint density at radius 1 is 1.00 bits per heavy atom. The van der Waals surface area contributed by atoms with Crippen LogP contribution in [-0.2, 0) is 19.1 Å². The second-order valence-electron chi connectivity index (χ2n) is 11.6. The number of rotatable bonds is 4. The van der Waals surface area contributed by atoms with Crippen molar-refractivity contribution in [1.29, 1.82) is 0 Å². The summed E-state index contributed by atoms with van der Waals surface area (Å²) in [4.78, 5) is 40.6. The van der Waals surface area contributed by atoms with E-state index in [0.29, 0.717) is 12.2 Å². The first-order valence-electron chi connectivity index (χ1n) is 14.1. The van der Waals surface area contributed by atoms with Crippen molar-refractivity contribution in [2.45, 2.75) is 81.7 Å². The number of thioether (sulfide) groups is 1. The molecule has 2 amide bonds. The second kappa shape index (κ2) is 12.9. The molecule has 0 aliphatic carbocycles. The number of nitrogens with zero attached hydrogens (tertiary/aromatic N) is 1. The van der Waals surface area contributed by atoms with Crippen LogP contribution < -0.4 is 5.32 Å². The van der Waals surface area contributed by atoms with Gasteiger partial charge in [0.15, 0.2) is 0 Å². The molecule has 8 heteroatoms. The van der Waals surface area contributed by atoms with E-state index in [0.717, 1.165) is 42.4 Å². The highest BCUT2D eigenvalue weighted by Gasteiger charge is 2.51. The van der Waals surface area contributed by atoms with Gasteiger partial charge in [0.25, 0.3) is 0 Å². The number of fused-ring (bicyclic) bond motifs is 2. The van der Waals surface area contributed by atoms with Gasteiger partial charge in [-0.25, -0.2) is 9.59 Å². The number of carboxylic acid groups (broad SMARTS) is 1. The standard InChI is InChI=1S/C32H40N2O5S/c1-31(2,3)39-30(38)33-26-15-11-6-4-5-7-12-20-40-32(21-27(29(36)37)34(22-32)28(26)35)25-18-16-24(17-19-25)23-13-9-8-10-14-23/h7-10,12-14,16-19,26-27H,4-6,11,15,20-22H2,1-3H3,(H,33,38)(H,36,37)/t26-,27-,32-/m0/s1. The van der Waals surface area contributed by atoms with Gasteiger partial charge in [0.05, 0.1) is 4.75 Å². The van der Waals surface area contributed by atoms with Gasteiger partial charge in [0.2, 0.25) is 5.91 Å². The largest absolute Gasteiger partial charge is 0.480 e. The normalized spacial score (nSPS) is 24.3. The van der Waals surface area contributed by atoms with Crippen LogP contribution in [0.15, 0.2) is 66.7 Å². The van der Waals surface area contributed by atoms with E-state index in [1.807, 2.05) is 18.2 Å². The zero-order chi connectivity index (χ0) is 28.8. The number of alkyl carbamates (subject to hydrolysis) is 1. The molecule has 7 nitrogen and oxygen atoms in total. The molecule has 3 atom stereocenters. The van der Waals surface area contributed by atoms with Crippen LogP contribution in [0.1, 0.15) is 64.9 Å². The van der Waals surface area contributed by atoms with Crippen LogP contribution in [0.25, 0.3) is 11.1 Å². The zero-order valence-electron chi connectivity index (χ0n) is 23.6. The van der Waals surface area contributed by atoms with Gasteiger partial charge in [-0.05, 0) is 63.1 Å². The van der Waals surface area contributed by atoms with Crippen molar-refractivity contribution in [3.05, 3.63) is 72.3 Å². The Labute approximate surface area is 241 Å². The second-order valence-corrected chi connectivity index (χ2v) is 13.0. The molecule has 0 radical (unpaired) electrons. The third-order valence-electron chi connectivity index (χ3n) is 7.39. The summed E-state index contributed by atoms with van der Waals surface area (Å²) < 4.78 is 4.84. The predicted octanol–water partition coefficient (Wildman–Crippen LogP) is 6.38. The van der Waals surface area contributed by atoms with E-state index in [2.05, 4.69) is 53.9 Å². The number of hydrogen-bond donors (Lipinski definition) is 2. The van der Waals surface area contributed by atoms with Crippen molar-refractivity contribution >= 4 is 29.7 Å². The lowest BCUT2D eigenvalue weighted by molar-refractivity contribution is -0.149. The molecule has 0 spiro atoms. The number of carbonyl (C=O) groups is 3. The van der Waals surface area contributed by atoms with Gasteiger partial charge in [0, 0.05) is 12.3 Å². The highest BCUT2D eigenvalue weighted by Crippen LogP contribution is 2.48. The molecule has 0 saturated carbocycles. The van der Waals surface area contributed by atoms with Gasteiger partial charge in [0.1, 0.15) is 17.7 Å². The van der Waals surface area contributed by atoms with E-state index in [1.54, 1.807) is 32.5 Å². The number of allylic oxidation sites excluding steroid dienone is 1. The number of ether oxygens (including phenoxy) is 1. The molecule has 2 aromatic rings. The van der Waals surface area contributed by atoms with Crippen LogP contribution in [0.5, 0.6) is 0 Å². The lowest BCUT2D eigenvalue weighted by Crippen LogP contribution is -2.52. The molecule has 1 fully saturated rings. The quantitative estimate of drug-likeness (QED) is 0.419. The van der Waals surface area contributed by atoms with Crippen molar-refractivity contribution in [1.82, 2.24) is 10.2 Å². The van der Waals surface area contributed by atoms with E-state index in [1.165, 1.54) is 4.90 Å². The van der Waals surface area contributed by atoms with E-state index in [4.69, 9.17) is 4.74 Å². The van der Waals surface area contributed by atoms with E-state index >= 15 is 0 Å². The van der Waals surface area contributed by atoms with E-state index in [-0.39, 0.29) is 18.9 Å². The number of nitrogens with one attached hydrogen (secondary N) is 1. The van der Waals surface area contributed by atoms with Crippen molar-refractivity contribution in [2.75, 3.05) is 12.3 Å². The lowest BCUT2D eigenvalue weighted by atomic mass is 9.93. The third-order valence-corrected chi connectivity index (χ3v) is 8.83. The molecule has 2 heterocycles. The van der Waals surface area contributed by atoms with Crippen LogP contribution in [-0.4, -0.2) is 58.0 Å². The number of aliphatic carboxylic acids is 1. The van der Waals surface area contributed by atoms with Gasteiger partial charge < -0.3 is 20.1 Å². The van der Waals surface area contributed by atoms with Gasteiger partial charge in [-0.2, -0.15) is 0 Å². The molecule has 4 rings (SSSR count). The first-order chi connectivity index (χ1) is 19.1. The Balaban J connectivity index is 1.67. The molecule has 0 aromatic heterocycles. The lowest BCUT2D eigenvalue weighted by Gasteiger charge is -2.31. The van der Waals surface area contributed by atoms with Crippen molar-refractivity contribution in [3.8, 4) is 11.1 Å². The molecule has 40 heavy (non-hydrogen) atoms. The summed E-state index contributed by atoms with van der Waals surface area (Å²) in [6, 6.07) is 16.5. The fourth-order valence-electron chi connectivity index (χ4n) is 5.41. The van der Waals surface area contributed by atoms with Crippen molar-refractivity contribution in [3.63, 3.8) is 0 Å². The number of hydrogen-bond acceptors (Lipinski definition) is 5. The summed E-state index contributed by atoms with van der Waals surface area (Å²) in [5.74, 6) is -0.684. The fraction of sp³-hybridized carbons (Fsp3) is 0.469. The number of carboxylic acids is 1. The highest BCUT2D eigenvalue weighted by atomic mass is 32.2. The van der Waals surface area contributed by atoms with Gasteiger partial charge in [-0.15, -0.1) is 11.8 Å². The first-order valence-corrected chi connectivity index (χ1v) is 15.0. The van der Waals surface area contributed by atoms with Crippen molar-refractivity contribution in [2.24, 2.45) is 0 Å². The van der Waals surface area contributed by atoms with Gasteiger partial charge in [-0.3, -0.25) is 4.79 Å².